The second-order valence-corrected chi connectivity index (χ2v) is 5.33. The van der Waals surface area contributed by atoms with Crippen molar-refractivity contribution in [1.29, 1.82) is 0 Å². The normalized spacial score (nSPS) is 17.3. The summed E-state index contributed by atoms with van der Waals surface area (Å²) in [5.41, 5.74) is 1.20. The van der Waals surface area contributed by atoms with Crippen molar-refractivity contribution >= 4 is 12.4 Å². The number of aryl methyl sites for hydroxylation is 1. The molecular weight excluding hydrogens is 295 g/mol. The van der Waals surface area contributed by atoms with Crippen molar-refractivity contribution < 1.29 is 14.6 Å². The van der Waals surface area contributed by atoms with Crippen LogP contribution in [0.5, 0.6) is 5.75 Å². The second kappa shape index (κ2) is 8.54. The first-order valence-electron chi connectivity index (χ1n) is 7.18. The molecule has 0 aliphatic carbocycles. The van der Waals surface area contributed by atoms with Gasteiger partial charge in [0.1, 0.15) is 11.6 Å². The lowest BCUT2D eigenvalue weighted by Crippen LogP contribution is -2.45. The fourth-order valence-corrected chi connectivity index (χ4v) is 2.83. The summed E-state index contributed by atoms with van der Waals surface area (Å²) in [6, 6.07) is 2.73. The van der Waals surface area contributed by atoms with Crippen LogP contribution in [0.2, 0.25) is 0 Å². The number of hydrogen-bond donors (Lipinski definition) is 3. The van der Waals surface area contributed by atoms with Crippen LogP contribution in [0.4, 0.5) is 4.39 Å². The highest BCUT2D eigenvalue weighted by Gasteiger charge is 2.25. The Balaban J connectivity index is 0.00000220. The maximum atomic E-state index is 13.7. The molecule has 0 aromatic heterocycles. The number of phenolic OH excluding ortho intramolecular Hbond substituents is 1. The van der Waals surface area contributed by atoms with Crippen LogP contribution in [0.3, 0.4) is 0 Å². The van der Waals surface area contributed by atoms with E-state index in [1.54, 1.807) is 6.92 Å². The molecule has 2 rings (SSSR count). The van der Waals surface area contributed by atoms with E-state index in [9.17, 15) is 9.50 Å². The zero-order chi connectivity index (χ0) is 14.5. The summed E-state index contributed by atoms with van der Waals surface area (Å²) in [7, 11) is 0. The van der Waals surface area contributed by atoms with E-state index < -0.39 is 0 Å². The fraction of sp³-hybridized carbons (Fsp3) is 0.600. The SMILES string of the molecule is Cc1cc(F)cc([C@@H](CCCO)N2CCNCC2)c1O.Cl. The zero-order valence-corrected chi connectivity index (χ0v) is 13.1. The predicted octanol–water partition coefficient (Wildman–Crippen LogP) is 1.98. The van der Waals surface area contributed by atoms with Gasteiger partial charge in [-0.25, -0.2) is 4.39 Å². The van der Waals surface area contributed by atoms with Gasteiger partial charge in [-0.15, -0.1) is 12.4 Å². The maximum Gasteiger partial charge on any atom is 0.124 e. The molecule has 21 heavy (non-hydrogen) atoms. The molecule has 1 atom stereocenters. The Kier molecular flexibility index (Phi) is 7.39. The number of aliphatic hydroxyl groups excluding tert-OH is 1. The quantitative estimate of drug-likeness (QED) is 0.777. The molecule has 0 radical (unpaired) electrons. The highest BCUT2D eigenvalue weighted by atomic mass is 35.5. The number of phenols is 1. The van der Waals surface area contributed by atoms with Gasteiger partial charge in [0.25, 0.3) is 0 Å². The molecule has 120 valence electrons. The third kappa shape index (κ3) is 4.54. The molecule has 1 aliphatic heterocycles. The Morgan fingerprint density at radius 1 is 1.33 bits per heavy atom. The van der Waals surface area contributed by atoms with Gasteiger partial charge in [0.2, 0.25) is 0 Å². The van der Waals surface area contributed by atoms with E-state index in [1.165, 1.54) is 12.1 Å². The van der Waals surface area contributed by atoms with Crippen molar-refractivity contribution in [3.05, 3.63) is 29.1 Å². The summed E-state index contributed by atoms with van der Waals surface area (Å²) in [5.74, 6) is -0.146. The first kappa shape index (κ1) is 18.2. The molecule has 1 saturated heterocycles. The summed E-state index contributed by atoms with van der Waals surface area (Å²) in [4.78, 5) is 2.25. The van der Waals surface area contributed by atoms with Crippen molar-refractivity contribution in [3.8, 4) is 5.75 Å². The molecule has 0 unspecified atom stereocenters. The lowest BCUT2D eigenvalue weighted by Gasteiger charge is -2.35. The minimum Gasteiger partial charge on any atom is -0.507 e. The number of nitrogens with one attached hydrogen (secondary N) is 1. The lowest BCUT2D eigenvalue weighted by molar-refractivity contribution is 0.152. The highest BCUT2D eigenvalue weighted by molar-refractivity contribution is 5.85. The topological polar surface area (TPSA) is 55.7 Å². The maximum absolute atomic E-state index is 13.7. The molecule has 1 heterocycles. The van der Waals surface area contributed by atoms with Gasteiger partial charge in [0.05, 0.1) is 0 Å². The van der Waals surface area contributed by atoms with E-state index in [4.69, 9.17) is 5.11 Å². The average Bonchev–Trinajstić information content (AvgIpc) is 2.45. The smallest absolute Gasteiger partial charge is 0.124 e. The zero-order valence-electron chi connectivity index (χ0n) is 12.3. The minimum atomic E-state index is -0.320. The van der Waals surface area contributed by atoms with Crippen LogP contribution < -0.4 is 5.32 Å². The van der Waals surface area contributed by atoms with E-state index in [0.717, 1.165) is 26.2 Å². The molecular formula is C15H24ClFN2O2. The van der Waals surface area contributed by atoms with Gasteiger partial charge in [-0.2, -0.15) is 0 Å². The van der Waals surface area contributed by atoms with Gasteiger partial charge in [-0.05, 0) is 37.5 Å². The molecule has 0 amide bonds. The summed E-state index contributed by atoms with van der Waals surface area (Å²) >= 11 is 0. The van der Waals surface area contributed by atoms with Crippen LogP contribution in [0.15, 0.2) is 12.1 Å². The average molecular weight is 319 g/mol. The molecule has 0 bridgehead atoms. The largest absolute Gasteiger partial charge is 0.507 e. The molecule has 4 nitrogen and oxygen atoms in total. The number of rotatable bonds is 5. The second-order valence-electron chi connectivity index (χ2n) is 5.33. The Morgan fingerprint density at radius 3 is 2.62 bits per heavy atom. The van der Waals surface area contributed by atoms with Gasteiger partial charge >= 0.3 is 0 Å². The van der Waals surface area contributed by atoms with Gasteiger partial charge < -0.3 is 15.5 Å². The number of halogens is 2. The van der Waals surface area contributed by atoms with E-state index in [0.29, 0.717) is 24.0 Å². The molecule has 0 spiro atoms. The predicted molar refractivity (Wildman–Crippen MR) is 83.6 cm³/mol. The monoisotopic (exact) mass is 318 g/mol. The van der Waals surface area contributed by atoms with Crippen LogP contribution in [-0.2, 0) is 0 Å². The van der Waals surface area contributed by atoms with Crippen LogP contribution in [0.25, 0.3) is 0 Å². The molecule has 6 heteroatoms. The van der Waals surface area contributed by atoms with Gasteiger partial charge in [-0.1, -0.05) is 0 Å². The van der Waals surface area contributed by atoms with E-state index in [1.807, 2.05) is 0 Å². The van der Waals surface area contributed by atoms with Crippen molar-refractivity contribution in [2.75, 3.05) is 32.8 Å². The molecule has 1 fully saturated rings. The Morgan fingerprint density at radius 2 is 2.00 bits per heavy atom. The highest BCUT2D eigenvalue weighted by Crippen LogP contribution is 2.35. The molecule has 0 saturated carbocycles. The Labute approximate surface area is 131 Å². The summed E-state index contributed by atoms with van der Waals surface area (Å²) < 4.78 is 13.7. The summed E-state index contributed by atoms with van der Waals surface area (Å²) in [6.07, 6.45) is 1.36. The number of hydrogen-bond acceptors (Lipinski definition) is 4. The van der Waals surface area contributed by atoms with E-state index >= 15 is 0 Å². The van der Waals surface area contributed by atoms with Crippen molar-refractivity contribution in [2.24, 2.45) is 0 Å². The number of piperazine rings is 1. The Bertz CT molecular complexity index is 454. The summed E-state index contributed by atoms with van der Waals surface area (Å²) in [6.45, 7) is 5.34. The molecule has 1 aliphatic rings. The lowest BCUT2D eigenvalue weighted by atomic mass is 9.96. The minimum absolute atomic E-state index is 0. The first-order valence-corrected chi connectivity index (χ1v) is 7.18. The van der Waals surface area contributed by atoms with Crippen LogP contribution in [-0.4, -0.2) is 47.9 Å². The third-order valence-corrected chi connectivity index (χ3v) is 3.88. The van der Waals surface area contributed by atoms with Crippen LogP contribution >= 0.6 is 12.4 Å². The number of benzene rings is 1. The molecule has 1 aromatic rings. The standard InChI is InChI=1S/C15H23FN2O2.ClH/c1-11-9-12(16)10-13(15(11)20)14(3-2-8-19)18-6-4-17-5-7-18;/h9-10,14,17,19-20H,2-8H2,1H3;1H/t14-;/m1./s1. The van der Waals surface area contributed by atoms with Gasteiger partial charge in [0, 0.05) is 44.4 Å². The van der Waals surface area contributed by atoms with Crippen LogP contribution in [0.1, 0.15) is 30.0 Å². The third-order valence-electron chi connectivity index (χ3n) is 3.88. The van der Waals surface area contributed by atoms with Crippen molar-refractivity contribution in [3.63, 3.8) is 0 Å². The van der Waals surface area contributed by atoms with Gasteiger partial charge in [0.15, 0.2) is 0 Å². The Hall–Kier alpha value is -0.880. The fourth-order valence-electron chi connectivity index (χ4n) is 2.83. The molecule has 3 N–H and O–H groups in total. The van der Waals surface area contributed by atoms with E-state index in [-0.39, 0.29) is 36.6 Å². The summed E-state index contributed by atoms with van der Waals surface area (Å²) in [5, 5.41) is 22.6. The number of aromatic hydroxyl groups is 1. The first-order chi connectivity index (χ1) is 9.63. The van der Waals surface area contributed by atoms with Gasteiger partial charge in [-0.3, -0.25) is 4.90 Å². The number of aliphatic hydroxyl groups is 1. The molecule has 1 aromatic carbocycles. The number of nitrogens with zero attached hydrogens (tertiary/aromatic N) is 1. The van der Waals surface area contributed by atoms with Crippen LogP contribution in [0, 0.1) is 12.7 Å². The van der Waals surface area contributed by atoms with Crippen molar-refractivity contribution in [1.82, 2.24) is 10.2 Å². The van der Waals surface area contributed by atoms with Crippen molar-refractivity contribution in [2.45, 2.75) is 25.8 Å². The van der Waals surface area contributed by atoms with E-state index in [2.05, 4.69) is 10.2 Å².